The molecular formula is C14H22N2O3. The van der Waals surface area contributed by atoms with E-state index in [0.717, 1.165) is 25.7 Å². The van der Waals surface area contributed by atoms with Crippen LogP contribution in [0.3, 0.4) is 0 Å². The zero-order valence-electron chi connectivity index (χ0n) is 11.5. The predicted molar refractivity (Wildman–Crippen MR) is 72.6 cm³/mol. The molecule has 0 bridgehead atoms. The number of likely N-dealkylation sites (tertiary alicyclic amines) is 1. The first-order valence-electron chi connectivity index (χ1n) is 6.77. The molecule has 0 spiro atoms. The Morgan fingerprint density at radius 3 is 2.74 bits per heavy atom. The molecule has 1 fully saturated rings. The van der Waals surface area contributed by atoms with Crippen LogP contribution < -0.4 is 0 Å². The number of hydrogen-bond acceptors (Lipinski definition) is 2. The fourth-order valence-corrected chi connectivity index (χ4v) is 2.43. The van der Waals surface area contributed by atoms with E-state index in [9.17, 15) is 9.59 Å². The van der Waals surface area contributed by atoms with E-state index in [1.165, 1.54) is 4.90 Å². The highest BCUT2D eigenvalue weighted by atomic mass is 16.4. The third kappa shape index (κ3) is 4.82. The zero-order valence-corrected chi connectivity index (χ0v) is 11.5. The van der Waals surface area contributed by atoms with Crippen molar-refractivity contribution in [1.29, 1.82) is 0 Å². The number of urea groups is 1. The minimum absolute atomic E-state index is 0.0405. The monoisotopic (exact) mass is 266 g/mol. The summed E-state index contributed by atoms with van der Waals surface area (Å²) in [7, 11) is 0. The van der Waals surface area contributed by atoms with Crippen molar-refractivity contribution in [2.24, 2.45) is 5.92 Å². The van der Waals surface area contributed by atoms with Gasteiger partial charge in [-0.1, -0.05) is 19.3 Å². The largest absolute Gasteiger partial charge is 0.480 e. The second-order valence-electron chi connectivity index (χ2n) is 4.93. The van der Waals surface area contributed by atoms with E-state index in [4.69, 9.17) is 11.5 Å². The third-order valence-corrected chi connectivity index (χ3v) is 3.57. The van der Waals surface area contributed by atoms with Gasteiger partial charge < -0.3 is 14.9 Å². The summed E-state index contributed by atoms with van der Waals surface area (Å²) in [5.74, 6) is 1.97. The van der Waals surface area contributed by atoms with Crippen molar-refractivity contribution in [3.63, 3.8) is 0 Å². The molecule has 1 aliphatic rings. The number of carbonyl (C=O) groups is 2. The fraction of sp³-hybridized carbons (Fsp3) is 0.714. The number of carboxylic acids is 1. The Morgan fingerprint density at radius 2 is 2.16 bits per heavy atom. The summed E-state index contributed by atoms with van der Waals surface area (Å²) >= 11 is 0. The lowest BCUT2D eigenvalue weighted by Crippen LogP contribution is -2.46. The van der Waals surface area contributed by atoms with Crippen LogP contribution >= 0.6 is 0 Å². The van der Waals surface area contributed by atoms with Gasteiger partial charge in [0, 0.05) is 13.1 Å². The maximum atomic E-state index is 12.3. The molecule has 1 atom stereocenters. The number of aliphatic carboxylic acids is 1. The Hall–Kier alpha value is -1.70. The Balaban J connectivity index is 2.63. The van der Waals surface area contributed by atoms with Crippen molar-refractivity contribution < 1.29 is 14.7 Å². The van der Waals surface area contributed by atoms with Gasteiger partial charge in [-0.05, 0) is 25.2 Å². The van der Waals surface area contributed by atoms with Crippen molar-refractivity contribution in [2.75, 3.05) is 26.2 Å². The normalized spacial score (nSPS) is 19.4. The molecule has 0 aromatic carbocycles. The lowest BCUT2D eigenvalue weighted by molar-refractivity contribution is -0.137. The SMILES string of the molecule is C#CCN(CC(=O)O)C(=O)N1CCCC(CC)CC1. The summed E-state index contributed by atoms with van der Waals surface area (Å²) in [6, 6.07) is -0.253. The molecule has 0 radical (unpaired) electrons. The first-order chi connectivity index (χ1) is 9.08. The molecular weight excluding hydrogens is 244 g/mol. The molecule has 0 aromatic heterocycles. The molecule has 1 rings (SSSR count). The van der Waals surface area contributed by atoms with Crippen molar-refractivity contribution >= 4 is 12.0 Å². The molecule has 5 heteroatoms. The van der Waals surface area contributed by atoms with E-state index in [0.29, 0.717) is 19.0 Å². The van der Waals surface area contributed by atoms with Crippen molar-refractivity contribution in [3.8, 4) is 12.3 Å². The number of carbonyl (C=O) groups excluding carboxylic acids is 1. The van der Waals surface area contributed by atoms with Crippen LogP contribution in [0.1, 0.15) is 32.6 Å². The first kappa shape index (κ1) is 15.4. The van der Waals surface area contributed by atoms with E-state index in [1.807, 2.05) is 0 Å². The molecule has 1 aliphatic heterocycles. The van der Waals surface area contributed by atoms with Gasteiger partial charge in [0.05, 0.1) is 6.54 Å². The van der Waals surface area contributed by atoms with Gasteiger partial charge in [0.25, 0.3) is 0 Å². The molecule has 1 saturated heterocycles. The fourth-order valence-electron chi connectivity index (χ4n) is 2.43. The summed E-state index contributed by atoms with van der Waals surface area (Å²) in [5.41, 5.74) is 0. The van der Waals surface area contributed by atoms with Crippen LogP contribution in [0.25, 0.3) is 0 Å². The van der Waals surface area contributed by atoms with Gasteiger partial charge in [-0.2, -0.15) is 0 Å². The van der Waals surface area contributed by atoms with Crippen molar-refractivity contribution in [3.05, 3.63) is 0 Å². The summed E-state index contributed by atoms with van der Waals surface area (Å²) in [4.78, 5) is 26.0. The quantitative estimate of drug-likeness (QED) is 0.787. The Kier molecular flexibility index (Phi) is 6.20. The van der Waals surface area contributed by atoms with E-state index < -0.39 is 5.97 Å². The van der Waals surface area contributed by atoms with Crippen molar-refractivity contribution in [2.45, 2.75) is 32.6 Å². The number of nitrogens with zero attached hydrogens (tertiary/aromatic N) is 2. The topological polar surface area (TPSA) is 60.9 Å². The summed E-state index contributed by atoms with van der Waals surface area (Å²) in [6.07, 6.45) is 9.41. The van der Waals surface area contributed by atoms with E-state index in [-0.39, 0.29) is 19.1 Å². The molecule has 2 amide bonds. The van der Waals surface area contributed by atoms with Crippen molar-refractivity contribution in [1.82, 2.24) is 9.80 Å². The number of hydrogen-bond donors (Lipinski definition) is 1. The highest BCUT2D eigenvalue weighted by molar-refractivity contribution is 5.80. The Morgan fingerprint density at radius 1 is 1.42 bits per heavy atom. The van der Waals surface area contributed by atoms with Crippen LogP contribution in [0.4, 0.5) is 4.79 Å². The summed E-state index contributed by atoms with van der Waals surface area (Å²) < 4.78 is 0. The van der Waals surface area contributed by atoms with Gasteiger partial charge in [-0.25, -0.2) is 4.79 Å². The zero-order chi connectivity index (χ0) is 14.3. The van der Waals surface area contributed by atoms with Crippen LogP contribution in [0.5, 0.6) is 0 Å². The predicted octanol–water partition coefficient (Wildman–Crippen LogP) is 1.64. The van der Waals surface area contributed by atoms with Gasteiger partial charge in [0.15, 0.2) is 0 Å². The van der Waals surface area contributed by atoms with Crippen LogP contribution in [-0.2, 0) is 4.79 Å². The van der Waals surface area contributed by atoms with Gasteiger partial charge in [-0.15, -0.1) is 6.42 Å². The van der Waals surface area contributed by atoms with Gasteiger partial charge >= 0.3 is 12.0 Å². The lowest BCUT2D eigenvalue weighted by Gasteiger charge is -2.27. The van der Waals surface area contributed by atoms with Gasteiger partial charge in [0.2, 0.25) is 0 Å². The second kappa shape index (κ2) is 7.67. The highest BCUT2D eigenvalue weighted by Gasteiger charge is 2.24. The highest BCUT2D eigenvalue weighted by Crippen LogP contribution is 2.20. The Bertz CT molecular complexity index is 362. The average Bonchev–Trinajstić information content (AvgIpc) is 2.62. The van der Waals surface area contributed by atoms with Crippen LogP contribution in [0.2, 0.25) is 0 Å². The van der Waals surface area contributed by atoms with Crippen LogP contribution in [0, 0.1) is 18.3 Å². The van der Waals surface area contributed by atoms with Gasteiger partial charge in [-0.3, -0.25) is 4.79 Å². The minimum Gasteiger partial charge on any atom is -0.480 e. The number of carboxylic acid groups (broad SMARTS) is 1. The molecule has 1 unspecified atom stereocenters. The molecule has 5 nitrogen and oxygen atoms in total. The minimum atomic E-state index is -1.04. The number of amides is 2. The standard InChI is InChI=1S/C14H22N2O3/c1-3-8-16(11-13(17)18)14(19)15-9-5-6-12(4-2)7-10-15/h1,12H,4-11H2,2H3,(H,17,18). The molecule has 106 valence electrons. The number of terminal acetylenes is 1. The van der Waals surface area contributed by atoms with Gasteiger partial charge in [0.1, 0.15) is 6.54 Å². The van der Waals surface area contributed by atoms with Crippen LogP contribution in [-0.4, -0.2) is 53.1 Å². The lowest BCUT2D eigenvalue weighted by atomic mass is 9.98. The molecule has 0 aliphatic carbocycles. The third-order valence-electron chi connectivity index (χ3n) is 3.57. The Labute approximate surface area is 114 Å². The molecule has 19 heavy (non-hydrogen) atoms. The molecule has 1 heterocycles. The average molecular weight is 266 g/mol. The maximum Gasteiger partial charge on any atom is 0.323 e. The van der Waals surface area contributed by atoms with Crippen LogP contribution in [0.15, 0.2) is 0 Å². The number of rotatable bonds is 4. The molecule has 0 aromatic rings. The first-order valence-corrected chi connectivity index (χ1v) is 6.77. The van der Waals surface area contributed by atoms with E-state index in [2.05, 4.69) is 12.8 Å². The molecule has 0 saturated carbocycles. The molecule has 1 N–H and O–H groups in total. The second-order valence-corrected chi connectivity index (χ2v) is 4.93. The summed E-state index contributed by atoms with van der Waals surface area (Å²) in [5, 5.41) is 8.81. The maximum absolute atomic E-state index is 12.3. The summed E-state index contributed by atoms with van der Waals surface area (Å²) in [6.45, 7) is 3.25. The van der Waals surface area contributed by atoms with E-state index >= 15 is 0 Å². The van der Waals surface area contributed by atoms with E-state index in [1.54, 1.807) is 4.90 Å². The smallest absolute Gasteiger partial charge is 0.323 e.